The molecule has 20 heavy (non-hydrogen) atoms. The Labute approximate surface area is 114 Å². The highest BCUT2D eigenvalue weighted by Gasteiger charge is 2.32. The minimum absolute atomic E-state index is 0.375. The number of β-amino-alcohol motifs (C(OH)–C–C–N with tert-alkyl or cyclic N) is 1. The number of aliphatic hydroxyl groups excluding tert-OH is 2. The second kappa shape index (κ2) is 6.82. The van der Waals surface area contributed by atoms with E-state index in [-0.39, 0.29) is 5.95 Å². The maximum atomic E-state index is 11.8. The van der Waals surface area contributed by atoms with Gasteiger partial charge in [0.05, 0.1) is 12.2 Å². The average molecular weight is 294 g/mol. The summed E-state index contributed by atoms with van der Waals surface area (Å²) in [6.45, 7) is 1.49. The van der Waals surface area contributed by atoms with Crippen molar-refractivity contribution in [1.29, 1.82) is 0 Å². The predicted molar refractivity (Wildman–Crippen MR) is 65.6 cm³/mol. The van der Waals surface area contributed by atoms with Crippen LogP contribution in [0.4, 0.5) is 19.1 Å². The third-order valence-electron chi connectivity index (χ3n) is 2.71. The van der Waals surface area contributed by atoms with Crippen LogP contribution in [0.5, 0.6) is 0 Å². The maximum Gasteiger partial charge on any atom is 0.433 e. The van der Waals surface area contributed by atoms with Gasteiger partial charge in [-0.15, -0.1) is 0 Å². The first-order chi connectivity index (χ1) is 9.20. The van der Waals surface area contributed by atoms with E-state index < -0.39 is 24.1 Å². The van der Waals surface area contributed by atoms with Crippen molar-refractivity contribution < 1.29 is 23.4 Å². The SMILES string of the molecule is CN1CCC(O)C(O)C1.Nc1nccc(C(F)(F)F)n1. The summed E-state index contributed by atoms with van der Waals surface area (Å²) in [5.74, 6) is -0.375. The fourth-order valence-electron chi connectivity index (χ4n) is 1.61. The minimum Gasteiger partial charge on any atom is -0.390 e. The number of rotatable bonds is 0. The van der Waals surface area contributed by atoms with Gasteiger partial charge in [-0.1, -0.05) is 0 Å². The van der Waals surface area contributed by atoms with Crippen molar-refractivity contribution in [2.24, 2.45) is 0 Å². The van der Waals surface area contributed by atoms with E-state index in [2.05, 4.69) is 9.97 Å². The summed E-state index contributed by atoms with van der Waals surface area (Å²) in [4.78, 5) is 8.32. The van der Waals surface area contributed by atoms with Gasteiger partial charge in [0.2, 0.25) is 5.95 Å². The third-order valence-corrected chi connectivity index (χ3v) is 2.71. The van der Waals surface area contributed by atoms with E-state index in [9.17, 15) is 13.2 Å². The van der Waals surface area contributed by atoms with Crippen LogP contribution in [0.2, 0.25) is 0 Å². The van der Waals surface area contributed by atoms with Crippen molar-refractivity contribution in [3.05, 3.63) is 18.0 Å². The number of aliphatic hydroxyl groups is 2. The molecule has 1 aromatic heterocycles. The zero-order chi connectivity index (χ0) is 15.3. The zero-order valence-electron chi connectivity index (χ0n) is 10.9. The van der Waals surface area contributed by atoms with Gasteiger partial charge in [-0.3, -0.25) is 0 Å². The fourth-order valence-corrected chi connectivity index (χ4v) is 1.61. The molecular weight excluding hydrogens is 277 g/mol. The highest BCUT2D eigenvalue weighted by Crippen LogP contribution is 2.26. The van der Waals surface area contributed by atoms with Crippen molar-refractivity contribution in [3.8, 4) is 0 Å². The zero-order valence-corrected chi connectivity index (χ0v) is 10.9. The summed E-state index contributed by atoms with van der Waals surface area (Å²) < 4.78 is 35.5. The van der Waals surface area contributed by atoms with Crippen LogP contribution < -0.4 is 5.73 Å². The lowest BCUT2D eigenvalue weighted by Gasteiger charge is -2.30. The van der Waals surface area contributed by atoms with Gasteiger partial charge in [-0.05, 0) is 19.5 Å². The van der Waals surface area contributed by atoms with Gasteiger partial charge in [0.1, 0.15) is 5.69 Å². The Morgan fingerprint density at radius 3 is 2.40 bits per heavy atom. The van der Waals surface area contributed by atoms with Gasteiger partial charge in [0, 0.05) is 19.3 Å². The molecule has 2 atom stereocenters. The van der Waals surface area contributed by atoms with Crippen molar-refractivity contribution in [2.75, 3.05) is 25.9 Å². The lowest BCUT2D eigenvalue weighted by molar-refractivity contribution is -0.141. The number of likely N-dealkylation sites (N-methyl/N-ethyl adjacent to an activating group) is 1. The second-order valence-electron chi connectivity index (χ2n) is 4.48. The molecule has 0 bridgehead atoms. The van der Waals surface area contributed by atoms with Crippen LogP contribution in [0.3, 0.4) is 0 Å². The summed E-state index contributed by atoms with van der Waals surface area (Å²) in [6, 6.07) is 0.760. The normalized spacial score (nSPS) is 23.9. The quantitative estimate of drug-likeness (QED) is 0.629. The summed E-state index contributed by atoms with van der Waals surface area (Å²) in [7, 11) is 1.94. The molecule has 0 aliphatic carbocycles. The smallest absolute Gasteiger partial charge is 0.390 e. The number of halogens is 3. The van der Waals surface area contributed by atoms with Crippen LogP contribution >= 0.6 is 0 Å². The van der Waals surface area contributed by atoms with E-state index in [0.29, 0.717) is 13.0 Å². The van der Waals surface area contributed by atoms with Crippen LogP contribution in [0, 0.1) is 0 Å². The first kappa shape index (κ1) is 16.6. The van der Waals surface area contributed by atoms with Gasteiger partial charge in [-0.25, -0.2) is 9.97 Å². The molecule has 1 saturated heterocycles. The van der Waals surface area contributed by atoms with Crippen LogP contribution in [0.1, 0.15) is 12.1 Å². The molecule has 2 heterocycles. The molecule has 1 aliphatic heterocycles. The molecule has 0 radical (unpaired) electrons. The first-order valence-corrected chi connectivity index (χ1v) is 5.90. The van der Waals surface area contributed by atoms with Crippen molar-refractivity contribution >= 4 is 5.95 Å². The van der Waals surface area contributed by atoms with Gasteiger partial charge in [-0.2, -0.15) is 13.2 Å². The summed E-state index contributed by atoms with van der Waals surface area (Å²) in [6.07, 6.45) is -3.83. The molecular formula is C11H17F3N4O2. The molecule has 1 aromatic rings. The lowest BCUT2D eigenvalue weighted by Crippen LogP contribution is -2.44. The van der Waals surface area contributed by atoms with E-state index in [1.165, 1.54) is 0 Å². The summed E-state index contributed by atoms with van der Waals surface area (Å²) in [5.41, 5.74) is 3.91. The highest BCUT2D eigenvalue weighted by molar-refractivity contribution is 5.18. The van der Waals surface area contributed by atoms with E-state index in [1.807, 2.05) is 11.9 Å². The minimum atomic E-state index is -4.45. The van der Waals surface area contributed by atoms with Crippen molar-refractivity contribution in [2.45, 2.75) is 24.8 Å². The maximum absolute atomic E-state index is 11.8. The summed E-state index contributed by atoms with van der Waals surface area (Å²) >= 11 is 0. The summed E-state index contributed by atoms with van der Waals surface area (Å²) in [5, 5.41) is 18.1. The Bertz CT molecular complexity index is 430. The number of hydrogen-bond acceptors (Lipinski definition) is 6. The highest BCUT2D eigenvalue weighted by atomic mass is 19.4. The van der Waals surface area contributed by atoms with Gasteiger partial charge < -0.3 is 20.8 Å². The number of piperidine rings is 1. The van der Waals surface area contributed by atoms with Gasteiger partial charge in [0.25, 0.3) is 0 Å². The van der Waals surface area contributed by atoms with E-state index in [4.69, 9.17) is 15.9 Å². The molecule has 0 amide bonds. The molecule has 2 rings (SSSR count). The number of anilines is 1. The Morgan fingerprint density at radius 1 is 1.35 bits per heavy atom. The monoisotopic (exact) mass is 294 g/mol. The molecule has 0 spiro atoms. The molecule has 1 aliphatic rings. The van der Waals surface area contributed by atoms with Crippen LogP contribution in [-0.2, 0) is 6.18 Å². The lowest BCUT2D eigenvalue weighted by atomic mass is 10.1. The molecule has 2 unspecified atom stereocenters. The standard InChI is InChI=1S/C6H13NO2.C5H4F3N3/c1-7-3-2-5(8)6(9)4-7;6-5(7,8)3-1-2-10-4(9)11-3/h5-6,8-9H,2-4H2,1H3;1-2H,(H2,9,10,11). The number of nitrogens with two attached hydrogens (primary N) is 1. The van der Waals surface area contributed by atoms with Crippen LogP contribution in [-0.4, -0.2) is 57.4 Å². The van der Waals surface area contributed by atoms with Crippen molar-refractivity contribution in [3.63, 3.8) is 0 Å². The molecule has 0 aromatic carbocycles. The van der Waals surface area contributed by atoms with Gasteiger partial charge in [0.15, 0.2) is 0 Å². The molecule has 114 valence electrons. The van der Waals surface area contributed by atoms with Crippen LogP contribution in [0.25, 0.3) is 0 Å². The van der Waals surface area contributed by atoms with E-state index in [0.717, 1.165) is 18.8 Å². The van der Waals surface area contributed by atoms with E-state index in [1.54, 1.807) is 0 Å². The Balaban J connectivity index is 0.000000204. The number of hydrogen-bond donors (Lipinski definition) is 3. The first-order valence-electron chi connectivity index (χ1n) is 5.90. The third kappa shape index (κ3) is 5.27. The van der Waals surface area contributed by atoms with Crippen LogP contribution in [0.15, 0.2) is 12.3 Å². The largest absolute Gasteiger partial charge is 0.433 e. The number of nitrogens with zero attached hydrogens (tertiary/aromatic N) is 3. The van der Waals surface area contributed by atoms with Gasteiger partial charge >= 0.3 is 6.18 Å². The van der Waals surface area contributed by atoms with E-state index >= 15 is 0 Å². The number of alkyl halides is 3. The molecule has 6 nitrogen and oxygen atoms in total. The number of aromatic nitrogens is 2. The molecule has 9 heteroatoms. The Hall–Kier alpha value is -1.45. The van der Waals surface area contributed by atoms with Crippen molar-refractivity contribution in [1.82, 2.24) is 14.9 Å². The Kier molecular flexibility index (Phi) is 5.66. The molecule has 4 N–H and O–H groups in total. The Morgan fingerprint density at radius 2 is 2.00 bits per heavy atom. The number of likely N-dealkylation sites (tertiary alicyclic amines) is 1. The second-order valence-corrected chi connectivity index (χ2v) is 4.48. The average Bonchev–Trinajstić information content (AvgIpc) is 2.34. The topological polar surface area (TPSA) is 95.5 Å². The fraction of sp³-hybridized carbons (Fsp3) is 0.636. The number of nitrogen functional groups attached to an aromatic ring is 1. The molecule has 0 saturated carbocycles. The predicted octanol–water partition coefficient (Wildman–Crippen LogP) is 0.121. The molecule has 1 fully saturated rings.